The number of benzene rings is 2. The van der Waals surface area contributed by atoms with Gasteiger partial charge in [-0.2, -0.15) is 0 Å². The van der Waals surface area contributed by atoms with Gasteiger partial charge in [-0.1, -0.05) is 101 Å². The van der Waals surface area contributed by atoms with Gasteiger partial charge in [-0.05, 0) is 60.4 Å². The van der Waals surface area contributed by atoms with Crippen LogP contribution in [0.15, 0.2) is 85.0 Å². The normalized spacial score (nSPS) is 30.5. The first kappa shape index (κ1) is 28.2. The summed E-state index contributed by atoms with van der Waals surface area (Å²) < 4.78 is 14.3. The second-order valence-electron chi connectivity index (χ2n) is 13.5. The molecule has 0 aliphatic heterocycles. The number of fused-ring (bicyclic) bond motifs is 1. The Morgan fingerprint density at radius 2 is 1.46 bits per heavy atom. The number of hydrogen-bond donors (Lipinski definition) is 1. The molecular weight excluding hydrogens is 489 g/mol. The molecule has 2 aliphatic carbocycles. The Hall–Kier alpha value is -1.77. The van der Waals surface area contributed by atoms with Crippen molar-refractivity contribution in [1.82, 2.24) is 0 Å². The standard InChI is InChI=1S/C32H46O3Si2/c1-10-31(6)23-32(33)24(2)21-28(34-36(7,8)9)27(32)22-29(31)35-37(30(3,4)5,25-17-13-11-14-18-25)26-19-15-12-16-20-26/h10-21,27-29,33H,1,22-23H2,2-9H3/t27-,28+,29+,31+,32-/m1/s1. The van der Waals surface area contributed by atoms with Crippen molar-refractivity contribution < 1.29 is 14.0 Å². The van der Waals surface area contributed by atoms with Crippen LogP contribution in [0, 0.1) is 11.3 Å². The van der Waals surface area contributed by atoms with Crippen molar-refractivity contribution in [1.29, 1.82) is 0 Å². The average Bonchev–Trinajstić information content (AvgIpc) is 3.04. The molecule has 5 heteroatoms. The lowest BCUT2D eigenvalue weighted by molar-refractivity contribution is -0.111. The highest BCUT2D eigenvalue weighted by atomic mass is 28.4. The highest BCUT2D eigenvalue weighted by molar-refractivity contribution is 6.99. The molecule has 0 radical (unpaired) electrons. The molecule has 37 heavy (non-hydrogen) atoms. The third kappa shape index (κ3) is 5.01. The molecule has 2 aromatic carbocycles. The summed E-state index contributed by atoms with van der Waals surface area (Å²) in [5.74, 6) is -0.0320. The van der Waals surface area contributed by atoms with Crippen LogP contribution in [-0.2, 0) is 8.85 Å². The highest BCUT2D eigenvalue weighted by Crippen LogP contribution is 2.55. The van der Waals surface area contributed by atoms with Gasteiger partial charge in [-0.15, -0.1) is 6.58 Å². The summed E-state index contributed by atoms with van der Waals surface area (Å²) in [6.07, 6.45) is 5.34. The summed E-state index contributed by atoms with van der Waals surface area (Å²) in [5.41, 5.74) is -0.266. The van der Waals surface area contributed by atoms with E-state index in [1.54, 1.807) is 0 Å². The van der Waals surface area contributed by atoms with Gasteiger partial charge in [0.2, 0.25) is 0 Å². The molecule has 200 valence electrons. The Morgan fingerprint density at radius 1 is 0.946 bits per heavy atom. The maximum Gasteiger partial charge on any atom is 0.261 e. The second-order valence-corrected chi connectivity index (χ2v) is 22.2. The zero-order valence-corrected chi connectivity index (χ0v) is 26.0. The van der Waals surface area contributed by atoms with E-state index < -0.39 is 22.2 Å². The van der Waals surface area contributed by atoms with Crippen LogP contribution in [0.25, 0.3) is 0 Å². The minimum Gasteiger partial charge on any atom is -0.411 e. The zero-order chi connectivity index (χ0) is 27.3. The molecule has 4 rings (SSSR count). The summed E-state index contributed by atoms with van der Waals surface area (Å²) in [6.45, 7) is 22.2. The van der Waals surface area contributed by atoms with Gasteiger partial charge in [0.25, 0.3) is 8.32 Å². The van der Waals surface area contributed by atoms with Crippen molar-refractivity contribution in [2.24, 2.45) is 11.3 Å². The predicted molar refractivity (Wildman–Crippen MR) is 160 cm³/mol. The van der Waals surface area contributed by atoms with E-state index in [-0.39, 0.29) is 28.6 Å². The van der Waals surface area contributed by atoms with Gasteiger partial charge in [0.1, 0.15) is 0 Å². The van der Waals surface area contributed by atoms with Crippen molar-refractivity contribution >= 4 is 27.0 Å². The third-order valence-corrected chi connectivity index (χ3v) is 14.7. The molecule has 2 aromatic rings. The van der Waals surface area contributed by atoms with E-state index in [2.05, 4.69) is 128 Å². The Labute approximate surface area is 226 Å². The van der Waals surface area contributed by atoms with Gasteiger partial charge in [-0.3, -0.25) is 0 Å². The van der Waals surface area contributed by atoms with Gasteiger partial charge in [-0.25, -0.2) is 0 Å². The maximum absolute atomic E-state index is 12.1. The number of rotatable bonds is 7. The van der Waals surface area contributed by atoms with Crippen molar-refractivity contribution in [2.75, 3.05) is 0 Å². The van der Waals surface area contributed by atoms with E-state index in [0.29, 0.717) is 6.42 Å². The first-order valence-electron chi connectivity index (χ1n) is 13.7. The fourth-order valence-corrected chi connectivity index (χ4v) is 12.5. The molecule has 0 spiro atoms. The SMILES string of the molecule is C=C[C@@]1(C)C[C@@]2(O)C(C)=C[C@H](O[Si](C)(C)C)[C@H]2C[C@@H]1O[Si](c1ccccc1)(c1ccccc1)C(C)(C)C. The van der Waals surface area contributed by atoms with E-state index in [0.717, 1.165) is 12.0 Å². The van der Waals surface area contributed by atoms with Crippen molar-refractivity contribution in [3.05, 3.63) is 85.0 Å². The van der Waals surface area contributed by atoms with Crippen LogP contribution in [0.5, 0.6) is 0 Å². The predicted octanol–water partition coefficient (Wildman–Crippen LogP) is 6.45. The summed E-state index contributed by atoms with van der Waals surface area (Å²) >= 11 is 0. The van der Waals surface area contributed by atoms with Crippen LogP contribution >= 0.6 is 0 Å². The van der Waals surface area contributed by atoms with Gasteiger partial charge >= 0.3 is 0 Å². The first-order valence-corrected chi connectivity index (χ1v) is 19.0. The molecule has 0 bridgehead atoms. The summed E-state index contributed by atoms with van der Waals surface area (Å²) in [7, 11) is -4.59. The van der Waals surface area contributed by atoms with Crippen molar-refractivity contribution in [3.63, 3.8) is 0 Å². The first-order chi connectivity index (χ1) is 17.2. The van der Waals surface area contributed by atoms with E-state index in [9.17, 15) is 5.11 Å². The highest BCUT2D eigenvalue weighted by Gasteiger charge is 2.61. The average molecular weight is 535 g/mol. The summed E-state index contributed by atoms with van der Waals surface area (Å²) in [4.78, 5) is 0. The van der Waals surface area contributed by atoms with Gasteiger partial charge in [0, 0.05) is 11.3 Å². The Morgan fingerprint density at radius 3 is 1.89 bits per heavy atom. The molecule has 0 unspecified atom stereocenters. The van der Waals surface area contributed by atoms with E-state index in [4.69, 9.17) is 8.85 Å². The molecule has 3 nitrogen and oxygen atoms in total. The molecule has 0 saturated heterocycles. The van der Waals surface area contributed by atoms with Crippen LogP contribution in [-0.4, -0.2) is 39.6 Å². The molecule has 1 saturated carbocycles. The quantitative estimate of drug-likeness (QED) is 0.328. The summed E-state index contributed by atoms with van der Waals surface area (Å²) in [5, 5.41) is 14.5. The van der Waals surface area contributed by atoms with E-state index in [1.807, 2.05) is 6.08 Å². The molecule has 0 aromatic heterocycles. The Kier molecular flexibility index (Phi) is 7.45. The molecular formula is C32H46O3Si2. The van der Waals surface area contributed by atoms with Crippen molar-refractivity contribution in [2.45, 2.75) is 89.9 Å². The fourth-order valence-electron chi connectivity index (χ4n) is 6.68. The van der Waals surface area contributed by atoms with Gasteiger partial charge in [0.05, 0.1) is 17.8 Å². The Balaban J connectivity index is 1.85. The van der Waals surface area contributed by atoms with Gasteiger partial charge in [0.15, 0.2) is 8.32 Å². The molecule has 5 atom stereocenters. The number of hydrogen-bond acceptors (Lipinski definition) is 3. The monoisotopic (exact) mass is 534 g/mol. The van der Waals surface area contributed by atoms with Crippen LogP contribution in [0.3, 0.4) is 0 Å². The van der Waals surface area contributed by atoms with Gasteiger partial charge < -0.3 is 14.0 Å². The molecule has 0 amide bonds. The zero-order valence-electron chi connectivity index (χ0n) is 24.0. The van der Waals surface area contributed by atoms with Crippen LogP contribution < -0.4 is 10.4 Å². The summed E-state index contributed by atoms with van der Waals surface area (Å²) in [6, 6.07) is 21.6. The van der Waals surface area contributed by atoms with Crippen LogP contribution in [0.4, 0.5) is 0 Å². The fraction of sp³-hybridized carbons (Fsp3) is 0.500. The molecule has 2 aliphatic rings. The molecule has 1 fully saturated rings. The third-order valence-electron chi connectivity index (χ3n) is 8.65. The second kappa shape index (κ2) is 9.76. The lowest BCUT2D eigenvalue weighted by Gasteiger charge is -2.55. The maximum atomic E-state index is 12.1. The Bertz CT molecular complexity index is 1090. The molecule has 0 heterocycles. The molecule has 1 N–H and O–H groups in total. The topological polar surface area (TPSA) is 38.7 Å². The van der Waals surface area contributed by atoms with E-state index >= 15 is 0 Å². The van der Waals surface area contributed by atoms with E-state index in [1.165, 1.54) is 10.4 Å². The lowest BCUT2D eigenvalue weighted by Crippen LogP contribution is -2.70. The minimum atomic E-state index is -2.77. The van der Waals surface area contributed by atoms with Crippen LogP contribution in [0.2, 0.25) is 24.7 Å². The number of aliphatic hydroxyl groups is 1. The smallest absolute Gasteiger partial charge is 0.261 e. The lowest BCUT2D eigenvalue weighted by atomic mass is 9.61. The minimum absolute atomic E-state index is 0.0320. The van der Waals surface area contributed by atoms with Crippen molar-refractivity contribution in [3.8, 4) is 0 Å². The largest absolute Gasteiger partial charge is 0.411 e. The van der Waals surface area contributed by atoms with Crippen LogP contribution in [0.1, 0.15) is 47.5 Å².